The number of hydrogen-bond donors (Lipinski definition) is 0. The number of aromatic nitrogens is 2. The average molecular weight is 394 g/mol. The fourth-order valence-electron chi connectivity index (χ4n) is 3.52. The molecule has 1 amide bonds. The first-order valence-corrected chi connectivity index (χ1v) is 10.1. The third kappa shape index (κ3) is 4.73. The maximum atomic E-state index is 13.4. The number of rotatable bonds is 7. The topological polar surface area (TPSA) is 38.1 Å². The third-order valence-electron chi connectivity index (χ3n) is 4.88. The van der Waals surface area contributed by atoms with Crippen LogP contribution >= 0.6 is 0 Å². The predicted octanol–water partition coefficient (Wildman–Crippen LogP) is 5.04. The lowest BCUT2D eigenvalue weighted by Gasteiger charge is -2.19. The standard InChI is InChI=1S/C24H28FN3O/c1-5-22-23(24(29)27(4)16-18-9-7-6-8-10-18)21(15-17(2)3)26-28(22)20-13-11-19(25)12-14-20/h6-14,17H,5,15-16H2,1-4H3. The van der Waals surface area contributed by atoms with Gasteiger partial charge in [-0.2, -0.15) is 5.10 Å². The van der Waals surface area contributed by atoms with Crippen LogP contribution in [0.1, 0.15) is 48.1 Å². The lowest BCUT2D eigenvalue weighted by Crippen LogP contribution is -2.28. The highest BCUT2D eigenvalue weighted by atomic mass is 19.1. The minimum Gasteiger partial charge on any atom is -0.337 e. The van der Waals surface area contributed by atoms with Crippen molar-refractivity contribution >= 4 is 5.91 Å². The highest BCUT2D eigenvalue weighted by Gasteiger charge is 2.26. The maximum absolute atomic E-state index is 13.4. The second-order valence-corrected chi connectivity index (χ2v) is 7.75. The van der Waals surface area contributed by atoms with E-state index in [1.807, 2.05) is 44.3 Å². The van der Waals surface area contributed by atoms with Crippen molar-refractivity contribution in [2.45, 2.75) is 40.2 Å². The van der Waals surface area contributed by atoms with E-state index < -0.39 is 0 Å². The molecule has 0 aliphatic heterocycles. The summed E-state index contributed by atoms with van der Waals surface area (Å²) in [7, 11) is 1.82. The summed E-state index contributed by atoms with van der Waals surface area (Å²) in [6.45, 7) is 6.78. The lowest BCUT2D eigenvalue weighted by atomic mass is 10.0. The molecule has 3 aromatic rings. The van der Waals surface area contributed by atoms with Gasteiger partial charge in [-0.15, -0.1) is 0 Å². The Balaban J connectivity index is 2.02. The second kappa shape index (κ2) is 9.03. The summed E-state index contributed by atoms with van der Waals surface area (Å²) in [4.78, 5) is 15.2. The van der Waals surface area contributed by atoms with Crippen molar-refractivity contribution in [3.63, 3.8) is 0 Å². The normalized spacial score (nSPS) is 11.1. The van der Waals surface area contributed by atoms with Crippen molar-refractivity contribution in [2.24, 2.45) is 5.92 Å². The first-order chi connectivity index (χ1) is 13.9. The van der Waals surface area contributed by atoms with Crippen LogP contribution in [0.15, 0.2) is 54.6 Å². The molecule has 3 rings (SSSR count). The molecule has 0 unspecified atom stereocenters. The monoisotopic (exact) mass is 393 g/mol. The zero-order chi connectivity index (χ0) is 21.0. The van der Waals surface area contributed by atoms with Crippen molar-refractivity contribution in [1.29, 1.82) is 0 Å². The van der Waals surface area contributed by atoms with Crippen LogP contribution in [0.4, 0.5) is 4.39 Å². The van der Waals surface area contributed by atoms with Crippen molar-refractivity contribution in [3.8, 4) is 5.69 Å². The quantitative estimate of drug-likeness (QED) is 0.564. The SMILES string of the molecule is CCc1c(C(=O)N(C)Cc2ccccc2)c(CC(C)C)nn1-c1ccc(F)cc1. The molecule has 0 bridgehead atoms. The molecule has 152 valence electrons. The van der Waals surface area contributed by atoms with Crippen LogP contribution in [-0.4, -0.2) is 27.6 Å². The molecule has 29 heavy (non-hydrogen) atoms. The Morgan fingerprint density at radius 1 is 1.10 bits per heavy atom. The fourth-order valence-corrected chi connectivity index (χ4v) is 3.52. The van der Waals surface area contributed by atoms with Gasteiger partial charge in [-0.1, -0.05) is 51.1 Å². The Morgan fingerprint density at radius 2 is 1.76 bits per heavy atom. The second-order valence-electron chi connectivity index (χ2n) is 7.75. The van der Waals surface area contributed by atoms with Crippen molar-refractivity contribution in [2.75, 3.05) is 7.05 Å². The molecule has 0 N–H and O–H groups in total. The van der Waals surface area contributed by atoms with E-state index in [2.05, 4.69) is 13.8 Å². The number of carbonyl (C=O) groups excluding carboxylic acids is 1. The zero-order valence-electron chi connectivity index (χ0n) is 17.5. The predicted molar refractivity (Wildman–Crippen MR) is 114 cm³/mol. The molecular formula is C24H28FN3O. The smallest absolute Gasteiger partial charge is 0.257 e. The Labute approximate surface area is 172 Å². The van der Waals surface area contributed by atoms with Gasteiger partial charge in [0.05, 0.1) is 22.6 Å². The number of hydrogen-bond acceptors (Lipinski definition) is 2. The number of halogens is 1. The van der Waals surface area contributed by atoms with Crippen LogP contribution in [0.3, 0.4) is 0 Å². The van der Waals surface area contributed by atoms with Gasteiger partial charge in [-0.05, 0) is 48.6 Å². The Kier molecular flexibility index (Phi) is 6.47. The molecule has 0 aliphatic rings. The van der Waals surface area contributed by atoms with E-state index in [1.165, 1.54) is 12.1 Å². The van der Waals surface area contributed by atoms with E-state index in [4.69, 9.17) is 5.10 Å². The summed E-state index contributed by atoms with van der Waals surface area (Å²) >= 11 is 0. The molecule has 2 aromatic carbocycles. The highest BCUT2D eigenvalue weighted by Crippen LogP contribution is 2.24. The van der Waals surface area contributed by atoms with Crippen molar-refractivity contribution in [3.05, 3.63) is 82.9 Å². The minimum absolute atomic E-state index is 0.0327. The van der Waals surface area contributed by atoms with Gasteiger partial charge in [0, 0.05) is 13.6 Å². The van der Waals surface area contributed by atoms with Gasteiger partial charge >= 0.3 is 0 Å². The van der Waals surface area contributed by atoms with E-state index in [9.17, 15) is 9.18 Å². The molecule has 0 radical (unpaired) electrons. The molecule has 1 heterocycles. The van der Waals surface area contributed by atoms with Gasteiger partial charge in [0.1, 0.15) is 5.82 Å². The van der Waals surface area contributed by atoms with Crippen molar-refractivity contribution in [1.82, 2.24) is 14.7 Å². The van der Waals surface area contributed by atoms with E-state index >= 15 is 0 Å². The molecule has 0 saturated heterocycles. The zero-order valence-corrected chi connectivity index (χ0v) is 17.5. The Bertz CT molecular complexity index is 962. The summed E-state index contributed by atoms with van der Waals surface area (Å²) < 4.78 is 15.2. The van der Waals surface area contributed by atoms with Gasteiger partial charge < -0.3 is 4.90 Å². The number of amides is 1. The molecule has 0 saturated carbocycles. The van der Waals surface area contributed by atoms with Crippen LogP contribution in [0.25, 0.3) is 5.69 Å². The minimum atomic E-state index is -0.291. The molecule has 0 atom stereocenters. The van der Waals surface area contributed by atoms with Gasteiger partial charge in [0.25, 0.3) is 5.91 Å². The number of benzene rings is 2. The molecule has 4 nitrogen and oxygen atoms in total. The number of carbonyl (C=O) groups is 1. The Morgan fingerprint density at radius 3 is 2.34 bits per heavy atom. The van der Waals surface area contributed by atoms with Crippen LogP contribution in [0, 0.1) is 11.7 Å². The molecule has 0 spiro atoms. The van der Waals surface area contributed by atoms with E-state index in [1.54, 1.807) is 21.7 Å². The van der Waals surface area contributed by atoms with Gasteiger partial charge in [0.2, 0.25) is 0 Å². The lowest BCUT2D eigenvalue weighted by molar-refractivity contribution is 0.0782. The first-order valence-electron chi connectivity index (χ1n) is 10.1. The summed E-state index contributed by atoms with van der Waals surface area (Å²) in [6.07, 6.45) is 1.37. The number of nitrogens with zero attached hydrogens (tertiary/aromatic N) is 3. The summed E-state index contributed by atoms with van der Waals surface area (Å²) in [5.41, 5.74) is 4.17. The summed E-state index contributed by atoms with van der Waals surface area (Å²) in [5.74, 6) is 0.0391. The van der Waals surface area contributed by atoms with Crippen LogP contribution in [0.2, 0.25) is 0 Å². The van der Waals surface area contributed by atoms with Crippen LogP contribution < -0.4 is 0 Å². The molecule has 5 heteroatoms. The van der Waals surface area contributed by atoms with Crippen molar-refractivity contribution < 1.29 is 9.18 Å². The van der Waals surface area contributed by atoms with Crippen LogP contribution in [0.5, 0.6) is 0 Å². The largest absolute Gasteiger partial charge is 0.337 e. The maximum Gasteiger partial charge on any atom is 0.257 e. The van der Waals surface area contributed by atoms with Gasteiger partial charge in [0.15, 0.2) is 0 Å². The Hall–Kier alpha value is -2.95. The van der Waals surface area contributed by atoms with E-state index in [0.29, 0.717) is 30.9 Å². The van der Waals surface area contributed by atoms with E-state index in [-0.39, 0.29) is 11.7 Å². The highest BCUT2D eigenvalue weighted by molar-refractivity contribution is 5.96. The molecule has 0 aliphatic carbocycles. The van der Waals surface area contributed by atoms with E-state index in [0.717, 1.165) is 22.6 Å². The fraction of sp³-hybridized carbons (Fsp3) is 0.333. The third-order valence-corrected chi connectivity index (χ3v) is 4.88. The van der Waals surface area contributed by atoms with Gasteiger partial charge in [-0.3, -0.25) is 4.79 Å². The average Bonchev–Trinajstić information content (AvgIpc) is 3.06. The van der Waals surface area contributed by atoms with Crippen LogP contribution in [-0.2, 0) is 19.4 Å². The molecule has 1 aromatic heterocycles. The molecular weight excluding hydrogens is 365 g/mol. The first kappa shape index (κ1) is 20.8. The summed E-state index contributed by atoms with van der Waals surface area (Å²) in [6, 6.07) is 16.2. The summed E-state index contributed by atoms with van der Waals surface area (Å²) in [5, 5.41) is 4.78. The molecule has 0 fully saturated rings. The van der Waals surface area contributed by atoms with Gasteiger partial charge in [-0.25, -0.2) is 9.07 Å².